The van der Waals surface area contributed by atoms with Crippen LogP contribution in [-0.2, 0) is 28.5 Å². The first kappa shape index (κ1) is 35.2. The number of hydrogen-bond donors (Lipinski definition) is 3. The van der Waals surface area contributed by atoms with E-state index in [9.17, 15) is 5.21 Å². The van der Waals surface area contributed by atoms with Crippen LogP contribution in [0.3, 0.4) is 0 Å². The average molecular weight is 743 g/mol. The molecule has 0 spiro atoms. The molecule has 0 radical (unpaired) electrons. The van der Waals surface area contributed by atoms with Crippen LogP contribution in [0.2, 0.25) is 0 Å². The van der Waals surface area contributed by atoms with Gasteiger partial charge in [-0.15, -0.1) is 0 Å². The minimum atomic E-state index is -0.466. The van der Waals surface area contributed by atoms with E-state index in [-0.39, 0.29) is 0 Å². The maximum absolute atomic E-state index is 9.58. The van der Waals surface area contributed by atoms with E-state index in [1.165, 1.54) is 6.42 Å². The van der Waals surface area contributed by atoms with Crippen LogP contribution in [0.1, 0.15) is 88.8 Å². The van der Waals surface area contributed by atoms with Crippen LogP contribution in [0.15, 0.2) is 120 Å². The number of hydrogen-bond acceptors (Lipinski definition) is 10. The van der Waals surface area contributed by atoms with Gasteiger partial charge in [-0.25, -0.2) is 0 Å². The molecule has 6 heterocycles. The number of H-pyrrole nitrogens is 2. The van der Waals surface area contributed by atoms with E-state index in [1.807, 2.05) is 85.5 Å². The summed E-state index contributed by atoms with van der Waals surface area (Å²) in [5.41, 5.74) is 10.4. The smallest absolute Gasteiger partial charge is 0.117 e. The van der Waals surface area contributed by atoms with Crippen molar-refractivity contribution < 1.29 is 10.0 Å². The molecule has 10 rings (SSSR count). The number of nitrogens with one attached hydrogen (secondary N) is 2. The zero-order valence-corrected chi connectivity index (χ0v) is 31.1. The van der Waals surface area contributed by atoms with Crippen molar-refractivity contribution in [1.29, 1.82) is 0 Å². The van der Waals surface area contributed by atoms with Gasteiger partial charge in [0.05, 0.1) is 33.6 Å². The molecule has 2 saturated carbocycles. The molecule has 2 fully saturated rings. The molecule has 12 nitrogen and oxygen atoms in total. The summed E-state index contributed by atoms with van der Waals surface area (Å²) >= 11 is 0. The standard InChI is InChI=1S/2C22H21N5O/c1-28-27-20(15-8-9-15)21-16-10-11-22(14-17(16)25-26-21,18-6-2-4-12-23-18)19-7-3-5-13-24-19;28-27-20(15-6-5-7-15)21-16-10-11-22(14-17(16)25-26-21,18-8-1-3-12-23-18)19-9-2-4-13-24-19/h2-7,10-13,15H,8-9,14H2,1H3,(H,25,26);1-4,8-13,15,28H,5-7,14H2,(H,25,26). The van der Waals surface area contributed by atoms with Gasteiger partial charge in [-0.1, -0.05) is 65.3 Å². The Bertz CT molecular complexity index is 2330. The molecule has 4 aliphatic carbocycles. The topological polar surface area (TPSA) is 163 Å². The van der Waals surface area contributed by atoms with Gasteiger partial charge >= 0.3 is 0 Å². The highest BCUT2D eigenvalue weighted by Gasteiger charge is 2.42. The van der Waals surface area contributed by atoms with Gasteiger partial charge in [-0.05, 0) is 74.2 Å². The molecule has 0 aromatic carbocycles. The quantitative estimate of drug-likeness (QED) is 0.0793. The molecular formula is C44H42N10O2. The summed E-state index contributed by atoms with van der Waals surface area (Å²) in [6, 6.07) is 23.9. The number of rotatable bonds is 9. The highest BCUT2D eigenvalue weighted by Crippen LogP contribution is 2.43. The summed E-state index contributed by atoms with van der Waals surface area (Å²) in [4.78, 5) is 23.7. The van der Waals surface area contributed by atoms with Crippen molar-refractivity contribution >= 4 is 23.6 Å². The molecule has 0 saturated heterocycles. The van der Waals surface area contributed by atoms with Gasteiger partial charge in [-0.3, -0.25) is 30.1 Å². The molecule has 0 unspecified atom stereocenters. The fourth-order valence-electron chi connectivity index (χ4n) is 8.16. The number of pyridine rings is 4. The zero-order valence-electron chi connectivity index (χ0n) is 31.1. The van der Waals surface area contributed by atoms with Crippen LogP contribution in [0.5, 0.6) is 0 Å². The summed E-state index contributed by atoms with van der Waals surface area (Å²) in [6.45, 7) is 0. The Morgan fingerprint density at radius 3 is 1.39 bits per heavy atom. The third-order valence-corrected chi connectivity index (χ3v) is 11.5. The second-order valence-electron chi connectivity index (χ2n) is 14.8. The number of allylic oxidation sites excluding steroid dienone is 2. The van der Waals surface area contributed by atoms with Crippen molar-refractivity contribution in [2.45, 2.75) is 55.8 Å². The molecule has 3 N–H and O–H groups in total. The van der Waals surface area contributed by atoms with Crippen LogP contribution in [0, 0.1) is 11.8 Å². The van der Waals surface area contributed by atoms with Gasteiger partial charge in [0.2, 0.25) is 0 Å². The zero-order chi connectivity index (χ0) is 38.0. The van der Waals surface area contributed by atoms with E-state index in [0.29, 0.717) is 30.4 Å². The first-order valence-electron chi connectivity index (χ1n) is 19.2. The largest absolute Gasteiger partial charge is 0.411 e. The Labute approximate surface area is 324 Å². The first-order valence-corrected chi connectivity index (χ1v) is 19.2. The van der Waals surface area contributed by atoms with Crippen molar-refractivity contribution in [3.8, 4) is 0 Å². The number of oxime groups is 2. The summed E-state index contributed by atoms with van der Waals surface area (Å²) in [5.74, 6) is 0.739. The Hall–Kier alpha value is -6.56. The van der Waals surface area contributed by atoms with E-state index in [1.54, 1.807) is 7.11 Å². The fraction of sp³-hybridized carbons (Fsp3) is 0.273. The third-order valence-electron chi connectivity index (χ3n) is 11.5. The minimum Gasteiger partial charge on any atom is -0.411 e. The van der Waals surface area contributed by atoms with Crippen LogP contribution < -0.4 is 0 Å². The molecule has 4 aliphatic rings. The number of fused-ring (bicyclic) bond motifs is 2. The van der Waals surface area contributed by atoms with Gasteiger partial charge < -0.3 is 10.0 Å². The lowest BCUT2D eigenvalue weighted by atomic mass is 9.72. The second kappa shape index (κ2) is 14.9. The predicted octanol–water partition coefficient (Wildman–Crippen LogP) is 7.25. The van der Waals surface area contributed by atoms with E-state index in [2.05, 4.69) is 87.1 Å². The lowest BCUT2D eigenvalue weighted by molar-refractivity contribution is 0.212. The molecule has 0 bridgehead atoms. The SMILES string of the molecule is CON=C(c1n[nH]c2c1C=CC(c1ccccn1)(c1ccccn1)C2)C1CC1.ON=C(c1n[nH]c2c1C=CC(c1ccccn1)(c1ccccn1)C2)C1CCC1. The summed E-state index contributed by atoms with van der Waals surface area (Å²) in [6.07, 6.45) is 22.8. The lowest BCUT2D eigenvalue weighted by Crippen LogP contribution is -2.32. The number of aromatic nitrogens is 8. The van der Waals surface area contributed by atoms with E-state index < -0.39 is 10.8 Å². The highest BCUT2D eigenvalue weighted by atomic mass is 16.6. The van der Waals surface area contributed by atoms with Crippen LogP contribution in [-0.4, -0.2) is 64.1 Å². The molecule has 280 valence electrons. The molecular weight excluding hydrogens is 701 g/mol. The normalized spacial score (nSPS) is 18.2. The monoisotopic (exact) mass is 742 g/mol. The molecule has 6 aromatic rings. The Morgan fingerprint density at radius 2 is 1.05 bits per heavy atom. The van der Waals surface area contributed by atoms with Crippen LogP contribution >= 0.6 is 0 Å². The van der Waals surface area contributed by atoms with Crippen molar-refractivity contribution in [3.63, 3.8) is 0 Å². The molecule has 0 amide bonds. The molecule has 6 aromatic heterocycles. The van der Waals surface area contributed by atoms with Gasteiger partial charge in [-0.2, -0.15) is 10.2 Å². The molecule has 0 aliphatic heterocycles. The molecule has 12 heteroatoms. The second-order valence-corrected chi connectivity index (χ2v) is 14.8. The Kier molecular flexibility index (Phi) is 9.38. The van der Waals surface area contributed by atoms with E-state index in [4.69, 9.17) is 4.84 Å². The lowest BCUT2D eigenvalue weighted by Gasteiger charge is -2.32. The van der Waals surface area contributed by atoms with Gasteiger partial charge in [0.25, 0.3) is 0 Å². The summed E-state index contributed by atoms with van der Waals surface area (Å²) < 4.78 is 0. The number of aromatic amines is 2. The van der Waals surface area contributed by atoms with E-state index >= 15 is 0 Å². The number of nitrogens with zero attached hydrogens (tertiary/aromatic N) is 8. The Balaban J connectivity index is 0.000000146. The van der Waals surface area contributed by atoms with Gasteiger partial charge in [0, 0.05) is 72.0 Å². The fourth-order valence-corrected chi connectivity index (χ4v) is 8.16. The van der Waals surface area contributed by atoms with Crippen LogP contribution in [0.25, 0.3) is 12.2 Å². The average Bonchev–Trinajstić information content (AvgIpc) is 3.89. The predicted molar refractivity (Wildman–Crippen MR) is 213 cm³/mol. The van der Waals surface area contributed by atoms with Gasteiger partial charge in [0.15, 0.2) is 0 Å². The van der Waals surface area contributed by atoms with Crippen molar-refractivity contribution in [2.24, 2.45) is 22.1 Å². The maximum atomic E-state index is 9.58. The third kappa shape index (κ3) is 6.30. The van der Waals surface area contributed by atoms with Gasteiger partial charge in [0.1, 0.15) is 29.9 Å². The first-order chi connectivity index (χ1) is 27.6. The molecule has 0 atom stereocenters. The Morgan fingerprint density at radius 1 is 0.625 bits per heavy atom. The van der Waals surface area contributed by atoms with E-state index in [0.717, 1.165) is 88.1 Å². The minimum absolute atomic E-state index is 0.295. The highest BCUT2D eigenvalue weighted by molar-refractivity contribution is 6.05. The maximum Gasteiger partial charge on any atom is 0.117 e. The summed E-state index contributed by atoms with van der Waals surface area (Å²) in [7, 11) is 1.59. The van der Waals surface area contributed by atoms with Crippen molar-refractivity contribution in [3.05, 3.63) is 166 Å². The van der Waals surface area contributed by atoms with Crippen LogP contribution in [0.4, 0.5) is 0 Å². The van der Waals surface area contributed by atoms with Crippen molar-refractivity contribution in [2.75, 3.05) is 7.11 Å². The molecule has 56 heavy (non-hydrogen) atoms. The van der Waals surface area contributed by atoms with Crippen molar-refractivity contribution in [1.82, 2.24) is 40.3 Å². The summed E-state index contributed by atoms with van der Waals surface area (Å²) in [5, 5.41) is 33.0.